The summed E-state index contributed by atoms with van der Waals surface area (Å²) in [4.78, 5) is 16.8. The summed E-state index contributed by atoms with van der Waals surface area (Å²) < 4.78 is 6.01. The molecule has 9 heteroatoms. The fourth-order valence-corrected chi connectivity index (χ4v) is 3.56. The highest BCUT2D eigenvalue weighted by atomic mass is 35.5. The van der Waals surface area contributed by atoms with Gasteiger partial charge in [0.25, 0.3) is 5.91 Å². The lowest BCUT2D eigenvalue weighted by Crippen LogP contribution is -2.11. The Bertz CT molecular complexity index is 1220. The summed E-state index contributed by atoms with van der Waals surface area (Å²) in [5.41, 5.74) is 4.70. The molecule has 0 saturated carbocycles. The van der Waals surface area contributed by atoms with E-state index >= 15 is 0 Å². The third kappa shape index (κ3) is 3.90. The molecule has 1 N–H and O–H groups in total. The number of nitrogens with zero attached hydrogens (tertiary/aromatic N) is 5. The smallest absolute Gasteiger partial charge is 0.257 e. The van der Waals surface area contributed by atoms with E-state index in [4.69, 9.17) is 11.6 Å². The molecule has 2 aromatic carbocycles. The van der Waals surface area contributed by atoms with Crippen LogP contribution in [-0.4, -0.2) is 30.3 Å². The zero-order valence-corrected chi connectivity index (χ0v) is 17.5. The number of rotatable bonds is 4. The Morgan fingerprint density at radius 2 is 1.97 bits per heavy atom. The quantitative estimate of drug-likeness (QED) is 0.516. The molecule has 0 aliphatic carbocycles. The van der Waals surface area contributed by atoms with E-state index in [1.807, 2.05) is 57.2 Å². The van der Waals surface area contributed by atoms with Crippen molar-refractivity contribution in [1.82, 2.24) is 24.4 Å². The standard InChI is InChI=1S/C20H17ClN6OS/c1-11-5-4-6-14(9-11)19(28)23-20-22-18(25-29-20)17-13(3)27(26-24-17)15-8-7-12(2)16(21)10-15/h4-10H,1-3H3,(H,22,23,25,28). The number of halogens is 1. The fraction of sp³-hybridized carbons (Fsp3) is 0.150. The van der Waals surface area contributed by atoms with Crippen molar-refractivity contribution in [3.63, 3.8) is 0 Å². The van der Waals surface area contributed by atoms with E-state index in [1.54, 1.807) is 10.7 Å². The lowest BCUT2D eigenvalue weighted by atomic mass is 10.1. The largest absolute Gasteiger partial charge is 0.297 e. The van der Waals surface area contributed by atoms with Crippen LogP contribution in [0.25, 0.3) is 17.2 Å². The highest BCUT2D eigenvalue weighted by molar-refractivity contribution is 7.10. The molecule has 4 rings (SSSR count). The lowest BCUT2D eigenvalue weighted by Gasteiger charge is -2.05. The molecule has 29 heavy (non-hydrogen) atoms. The van der Waals surface area contributed by atoms with Gasteiger partial charge in [-0.05, 0) is 50.6 Å². The van der Waals surface area contributed by atoms with Crippen LogP contribution in [0.15, 0.2) is 42.5 Å². The average molecular weight is 425 g/mol. The predicted octanol–water partition coefficient (Wildman–Crippen LogP) is 4.62. The van der Waals surface area contributed by atoms with E-state index in [2.05, 4.69) is 25.0 Å². The number of amides is 1. The van der Waals surface area contributed by atoms with Crippen molar-refractivity contribution in [1.29, 1.82) is 0 Å². The Morgan fingerprint density at radius 3 is 2.72 bits per heavy atom. The van der Waals surface area contributed by atoms with Gasteiger partial charge in [-0.2, -0.15) is 9.36 Å². The van der Waals surface area contributed by atoms with Gasteiger partial charge in [0.05, 0.1) is 11.4 Å². The van der Waals surface area contributed by atoms with Crippen molar-refractivity contribution < 1.29 is 4.79 Å². The van der Waals surface area contributed by atoms with Gasteiger partial charge in [-0.3, -0.25) is 10.1 Å². The normalized spacial score (nSPS) is 10.9. The van der Waals surface area contributed by atoms with Crippen LogP contribution in [0, 0.1) is 20.8 Å². The van der Waals surface area contributed by atoms with Crippen LogP contribution in [-0.2, 0) is 0 Å². The topological polar surface area (TPSA) is 85.6 Å². The van der Waals surface area contributed by atoms with Gasteiger partial charge >= 0.3 is 0 Å². The molecule has 0 unspecified atom stereocenters. The summed E-state index contributed by atoms with van der Waals surface area (Å²) in [5.74, 6) is 0.183. The van der Waals surface area contributed by atoms with Gasteiger partial charge in [-0.1, -0.05) is 40.6 Å². The van der Waals surface area contributed by atoms with Gasteiger partial charge in [0, 0.05) is 22.1 Å². The van der Waals surface area contributed by atoms with E-state index in [0.717, 1.165) is 34.0 Å². The molecule has 2 heterocycles. The fourth-order valence-electron chi connectivity index (χ4n) is 2.82. The molecule has 0 radical (unpaired) electrons. The molecule has 0 aliphatic heterocycles. The summed E-state index contributed by atoms with van der Waals surface area (Å²) >= 11 is 7.33. The maximum Gasteiger partial charge on any atom is 0.257 e. The van der Waals surface area contributed by atoms with Crippen molar-refractivity contribution in [3.05, 3.63) is 69.9 Å². The third-order valence-electron chi connectivity index (χ3n) is 4.43. The van der Waals surface area contributed by atoms with Crippen molar-refractivity contribution in [2.45, 2.75) is 20.8 Å². The summed E-state index contributed by atoms with van der Waals surface area (Å²) in [6.45, 7) is 5.76. The summed E-state index contributed by atoms with van der Waals surface area (Å²) in [6, 6.07) is 13.0. The van der Waals surface area contributed by atoms with Gasteiger partial charge in [-0.15, -0.1) is 5.10 Å². The number of aryl methyl sites for hydroxylation is 2. The minimum absolute atomic E-state index is 0.230. The van der Waals surface area contributed by atoms with E-state index in [0.29, 0.717) is 27.2 Å². The van der Waals surface area contributed by atoms with Gasteiger partial charge in [0.15, 0.2) is 11.5 Å². The Hall–Kier alpha value is -3.10. The van der Waals surface area contributed by atoms with Crippen LogP contribution < -0.4 is 5.32 Å². The number of carbonyl (C=O) groups is 1. The molecular weight excluding hydrogens is 408 g/mol. The first-order valence-electron chi connectivity index (χ1n) is 8.83. The van der Waals surface area contributed by atoms with E-state index in [1.165, 1.54) is 0 Å². The molecule has 0 atom stereocenters. The SMILES string of the molecule is Cc1cccc(C(=O)Nc2nc(-c3nnn(-c4ccc(C)c(Cl)c4)c3C)ns2)c1. The first kappa shape index (κ1) is 19.2. The minimum atomic E-state index is -0.230. The predicted molar refractivity (Wildman–Crippen MR) is 114 cm³/mol. The molecule has 0 spiro atoms. The van der Waals surface area contributed by atoms with Crippen molar-refractivity contribution in [3.8, 4) is 17.2 Å². The molecule has 146 valence electrons. The minimum Gasteiger partial charge on any atom is -0.297 e. The van der Waals surface area contributed by atoms with Crippen LogP contribution in [0.1, 0.15) is 27.2 Å². The highest BCUT2D eigenvalue weighted by Gasteiger charge is 2.18. The molecule has 7 nitrogen and oxygen atoms in total. The second kappa shape index (κ2) is 7.73. The Balaban J connectivity index is 1.58. The number of aromatic nitrogens is 5. The first-order valence-corrected chi connectivity index (χ1v) is 9.98. The molecule has 1 amide bonds. The number of anilines is 1. The maximum absolute atomic E-state index is 12.4. The number of benzene rings is 2. The summed E-state index contributed by atoms with van der Waals surface area (Å²) in [6.07, 6.45) is 0. The molecule has 0 fully saturated rings. The highest BCUT2D eigenvalue weighted by Crippen LogP contribution is 2.25. The van der Waals surface area contributed by atoms with Crippen molar-refractivity contribution in [2.75, 3.05) is 5.32 Å². The van der Waals surface area contributed by atoms with Crippen LogP contribution in [0.4, 0.5) is 5.13 Å². The monoisotopic (exact) mass is 424 g/mol. The van der Waals surface area contributed by atoms with E-state index < -0.39 is 0 Å². The van der Waals surface area contributed by atoms with Crippen molar-refractivity contribution in [2.24, 2.45) is 0 Å². The summed E-state index contributed by atoms with van der Waals surface area (Å²) in [7, 11) is 0. The van der Waals surface area contributed by atoms with Crippen LogP contribution in [0.5, 0.6) is 0 Å². The van der Waals surface area contributed by atoms with Gasteiger partial charge < -0.3 is 0 Å². The molecule has 0 bridgehead atoms. The van der Waals surface area contributed by atoms with Crippen LogP contribution >= 0.6 is 23.1 Å². The van der Waals surface area contributed by atoms with Gasteiger partial charge in [-0.25, -0.2) is 4.68 Å². The zero-order chi connectivity index (χ0) is 20.5. The molecular formula is C20H17ClN6OS. The number of carbonyl (C=O) groups excluding carboxylic acids is 1. The van der Waals surface area contributed by atoms with Crippen LogP contribution in [0.2, 0.25) is 5.02 Å². The Kier molecular flexibility index (Phi) is 5.12. The number of hydrogen-bond acceptors (Lipinski definition) is 6. The molecule has 0 aliphatic rings. The molecule has 4 aromatic rings. The molecule has 2 aromatic heterocycles. The molecule has 0 saturated heterocycles. The van der Waals surface area contributed by atoms with E-state index in [-0.39, 0.29) is 5.91 Å². The maximum atomic E-state index is 12.4. The number of hydrogen-bond donors (Lipinski definition) is 1. The summed E-state index contributed by atoms with van der Waals surface area (Å²) in [5, 5.41) is 12.3. The second-order valence-corrected chi connectivity index (χ2v) is 7.77. The zero-order valence-electron chi connectivity index (χ0n) is 16.0. The third-order valence-corrected chi connectivity index (χ3v) is 5.47. The second-order valence-electron chi connectivity index (χ2n) is 6.62. The van der Waals surface area contributed by atoms with Gasteiger partial charge in [0.2, 0.25) is 5.13 Å². The van der Waals surface area contributed by atoms with Crippen molar-refractivity contribution >= 4 is 34.2 Å². The lowest BCUT2D eigenvalue weighted by molar-refractivity contribution is 0.102. The average Bonchev–Trinajstić information content (AvgIpc) is 3.30. The van der Waals surface area contributed by atoms with E-state index in [9.17, 15) is 4.79 Å². The van der Waals surface area contributed by atoms with Crippen LogP contribution in [0.3, 0.4) is 0 Å². The number of nitrogens with one attached hydrogen (secondary N) is 1. The Labute approximate surface area is 176 Å². The van der Waals surface area contributed by atoms with Gasteiger partial charge in [0.1, 0.15) is 0 Å². The Morgan fingerprint density at radius 1 is 1.14 bits per heavy atom. The first-order chi connectivity index (χ1) is 13.9.